The lowest BCUT2D eigenvalue weighted by molar-refractivity contribution is -0.206. The monoisotopic (exact) mass is 478 g/mol. The molecule has 3 heteroatoms. The zero-order valence-electron chi connectivity index (χ0n) is 21.9. The molecule has 3 rings (SSSR count). The highest BCUT2D eigenvalue weighted by molar-refractivity contribution is 5.64. The van der Waals surface area contributed by atoms with E-state index >= 15 is 0 Å². The van der Waals surface area contributed by atoms with E-state index in [4.69, 9.17) is 14.2 Å². The smallest absolute Gasteiger partial charge is 0.183 e. The lowest BCUT2D eigenvalue weighted by Crippen LogP contribution is -2.27. The van der Waals surface area contributed by atoms with Crippen LogP contribution in [0, 0.1) is 5.92 Å². The van der Waals surface area contributed by atoms with Crippen molar-refractivity contribution in [3.8, 4) is 16.9 Å². The molecule has 0 aliphatic carbocycles. The van der Waals surface area contributed by atoms with Crippen LogP contribution < -0.4 is 4.74 Å². The molecule has 0 amide bonds. The van der Waals surface area contributed by atoms with Crippen molar-refractivity contribution < 1.29 is 14.2 Å². The van der Waals surface area contributed by atoms with Crippen LogP contribution in [-0.4, -0.2) is 19.8 Å². The molecule has 0 atom stereocenters. The quantitative estimate of drug-likeness (QED) is 0.167. The maximum atomic E-state index is 6.05. The predicted octanol–water partition coefficient (Wildman–Crippen LogP) is 9.28. The van der Waals surface area contributed by atoms with E-state index in [0.29, 0.717) is 5.92 Å². The molecule has 2 aromatic rings. The second-order valence-corrected chi connectivity index (χ2v) is 9.91. The molecule has 0 bridgehead atoms. The first-order valence-corrected chi connectivity index (χ1v) is 14.0. The average Bonchev–Trinajstić information content (AvgIpc) is 2.91. The zero-order valence-corrected chi connectivity index (χ0v) is 21.9. The summed E-state index contributed by atoms with van der Waals surface area (Å²) in [6.07, 6.45) is 16.9. The molecular weight excluding hydrogens is 432 g/mol. The molecule has 0 saturated carbocycles. The molecule has 192 valence electrons. The normalized spacial score (nSPS) is 17.9. The topological polar surface area (TPSA) is 27.7 Å². The Kier molecular flexibility index (Phi) is 13.0. The zero-order chi connectivity index (χ0) is 24.6. The van der Waals surface area contributed by atoms with E-state index in [0.717, 1.165) is 44.0 Å². The highest BCUT2D eigenvalue weighted by Crippen LogP contribution is 2.30. The van der Waals surface area contributed by atoms with E-state index in [1.807, 2.05) is 6.08 Å². The van der Waals surface area contributed by atoms with Crippen LogP contribution >= 0.6 is 0 Å². The van der Waals surface area contributed by atoms with E-state index in [9.17, 15) is 0 Å². The molecule has 1 saturated heterocycles. The fraction of sp³-hybridized carbons (Fsp3) is 0.562. The number of unbranched alkanes of at least 4 members (excludes halogenated alkanes) is 9. The third-order valence-electron chi connectivity index (χ3n) is 6.87. The van der Waals surface area contributed by atoms with Crippen molar-refractivity contribution in [1.82, 2.24) is 0 Å². The Morgan fingerprint density at radius 1 is 0.771 bits per heavy atom. The van der Waals surface area contributed by atoms with Gasteiger partial charge in [-0.2, -0.15) is 0 Å². The largest absolute Gasteiger partial charge is 0.494 e. The SMILES string of the molecule is C=CCCCCCCCOc1ccc(-c2ccc([C@H]3OC[C@H](CCCCCCC)CO3)cc2)cc1. The van der Waals surface area contributed by atoms with Gasteiger partial charge in [-0.15, -0.1) is 6.58 Å². The number of benzene rings is 2. The van der Waals surface area contributed by atoms with Crippen LogP contribution in [-0.2, 0) is 9.47 Å². The predicted molar refractivity (Wildman–Crippen MR) is 147 cm³/mol. The Morgan fingerprint density at radius 2 is 1.37 bits per heavy atom. The average molecular weight is 479 g/mol. The Bertz CT molecular complexity index is 804. The van der Waals surface area contributed by atoms with Crippen molar-refractivity contribution in [1.29, 1.82) is 0 Å². The molecular formula is C32H46O3. The van der Waals surface area contributed by atoms with Crippen LogP contribution in [0.1, 0.15) is 95.8 Å². The van der Waals surface area contributed by atoms with Crippen molar-refractivity contribution in [3.63, 3.8) is 0 Å². The summed E-state index contributed by atoms with van der Waals surface area (Å²) >= 11 is 0. The van der Waals surface area contributed by atoms with Crippen molar-refractivity contribution >= 4 is 0 Å². The highest BCUT2D eigenvalue weighted by Gasteiger charge is 2.23. The summed E-state index contributed by atoms with van der Waals surface area (Å²) in [5, 5.41) is 0. The van der Waals surface area contributed by atoms with Gasteiger partial charge in [-0.1, -0.05) is 101 Å². The lowest BCUT2D eigenvalue weighted by atomic mass is 10.0. The summed E-state index contributed by atoms with van der Waals surface area (Å²) in [4.78, 5) is 0. The van der Waals surface area contributed by atoms with Gasteiger partial charge >= 0.3 is 0 Å². The number of hydrogen-bond acceptors (Lipinski definition) is 3. The van der Waals surface area contributed by atoms with Crippen LogP contribution in [0.3, 0.4) is 0 Å². The molecule has 2 aromatic carbocycles. The molecule has 0 radical (unpaired) electrons. The molecule has 0 N–H and O–H groups in total. The van der Waals surface area contributed by atoms with Crippen molar-refractivity contribution in [2.45, 2.75) is 90.3 Å². The molecule has 35 heavy (non-hydrogen) atoms. The van der Waals surface area contributed by atoms with Crippen LogP contribution in [0.2, 0.25) is 0 Å². The fourth-order valence-electron chi connectivity index (χ4n) is 4.63. The van der Waals surface area contributed by atoms with Gasteiger partial charge in [-0.25, -0.2) is 0 Å². The minimum absolute atomic E-state index is 0.238. The van der Waals surface area contributed by atoms with E-state index in [1.54, 1.807) is 0 Å². The van der Waals surface area contributed by atoms with Gasteiger partial charge in [-0.3, -0.25) is 0 Å². The maximum absolute atomic E-state index is 6.05. The minimum Gasteiger partial charge on any atom is -0.494 e. The summed E-state index contributed by atoms with van der Waals surface area (Å²) in [5.74, 6) is 1.48. The Morgan fingerprint density at radius 3 is 2.06 bits per heavy atom. The van der Waals surface area contributed by atoms with Gasteiger partial charge in [-0.05, 0) is 48.9 Å². The number of allylic oxidation sites excluding steroid dienone is 1. The van der Waals surface area contributed by atoms with E-state index < -0.39 is 0 Å². The fourth-order valence-corrected chi connectivity index (χ4v) is 4.63. The molecule has 1 aliphatic rings. The molecule has 1 aliphatic heterocycles. The first-order valence-electron chi connectivity index (χ1n) is 14.0. The summed E-state index contributed by atoms with van der Waals surface area (Å²) in [6, 6.07) is 17.0. The standard InChI is InChI=1S/C32H46O3/c1-3-5-7-9-10-12-14-24-33-31-22-20-29(21-23-31)28-16-18-30(19-17-28)32-34-25-27(26-35-32)15-13-11-8-6-4-2/h3,16-23,27,32H,1,4-15,24-26H2,2H3/t27-,32-. The van der Waals surface area contributed by atoms with E-state index in [-0.39, 0.29) is 6.29 Å². The molecule has 1 fully saturated rings. The van der Waals surface area contributed by atoms with Crippen molar-refractivity contribution in [2.75, 3.05) is 19.8 Å². The third kappa shape index (κ3) is 10.2. The number of hydrogen-bond donors (Lipinski definition) is 0. The number of ether oxygens (including phenoxy) is 3. The lowest BCUT2D eigenvalue weighted by Gasteiger charge is -2.29. The summed E-state index contributed by atoms with van der Waals surface area (Å²) < 4.78 is 18.0. The van der Waals surface area contributed by atoms with Gasteiger partial charge in [0.2, 0.25) is 0 Å². The summed E-state index contributed by atoms with van der Waals surface area (Å²) in [7, 11) is 0. The van der Waals surface area contributed by atoms with Gasteiger partial charge in [0.15, 0.2) is 6.29 Å². The first-order chi connectivity index (χ1) is 17.3. The molecule has 0 spiro atoms. The van der Waals surface area contributed by atoms with Crippen LogP contribution in [0.15, 0.2) is 61.2 Å². The first kappa shape index (κ1) is 27.5. The third-order valence-corrected chi connectivity index (χ3v) is 6.87. The van der Waals surface area contributed by atoms with Gasteiger partial charge < -0.3 is 14.2 Å². The highest BCUT2D eigenvalue weighted by atomic mass is 16.7. The van der Waals surface area contributed by atoms with Crippen molar-refractivity contribution in [2.24, 2.45) is 5.92 Å². The summed E-state index contributed by atoms with van der Waals surface area (Å²) in [6.45, 7) is 8.43. The van der Waals surface area contributed by atoms with E-state index in [2.05, 4.69) is 62.0 Å². The van der Waals surface area contributed by atoms with Crippen LogP contribution in [0.25, 0.3) is 11.1 Å². The molecule has 0 unspecified atom stereocenters. The van der Waals surface area contributed by atoms with Gasteiger partial charge in [0.05, 0.1) is 19.8 Å². The Hall–Kier alpha value is -2.10. The van der Waals surface area contributed by atoms with E-state index in [1.165, 1.54) is 75.3 Å². The minimum atomic E-state index is -0.238. The Balaban J connectivity index is 1.35. The maximum Gasteiger partial charge on any atom is 0.183 e. The second-order valence-electron chi connectivity index (χ2n) is 9.91. The second kappa shape index (κ2) is 16.5. The van der Waals surface area contributed by atoms with Gasteiger partial charge in [0.1, 0.15) is 5.75 Å². The van der Waals surface area contributed by atoms with Crippen molar-refractivity contribution in [3.05, 3.63) is 66.7 Å². The Labute approximate surface area is 213 Å². The van der Waals surface area contributed by atoms with Gasteiger partial charge in [0.25, 0.3) is 0 Å². The van der Waals surface area contributed by atoms with Crippen LogP contribution in [0.5, 0.6) is 5.75 Å². The number of rotatable bonds is 17. The molecule has 3 nitrogen and oxygen atoms in total. The van der Waals surface area contributed by atoms with Gasteiger partial charge in [0, 0.05) is 11.5 Å². The molecule has 0 aromatic heterocycles. The van der Waals surface area contributed by atoms with Crippen LogP contribution in [0.4, 0.5) is 0 Å². The molecule has 1 heterocycles. The summed E-state index contributed by atoms with van der Waals surface area (Å²) in [5.41, 5.74) is 3.49.